The van der Waals surface area contributed by atoms with Gasteiger partial charge in [-0.15, -0.1) is 0 Å². The van der Waals surface area contributed by atoms with Crippen LogP contribution in [0.3, 0.4) is 0 Å². The van der Waals surface area contributed by atoms with E-state index in [4.69, 9.17) is 9.47 Å². The number of benzene rings is 2. The second kappa shape index (κ2) is 14.1. The number of aromatic nitrogens is 2. The molecule has 1 aromatic heterocycles. The molecule has 2 N–H and O–H groups in total. The van der Waals surface area contributed by atoms with Gasteiger partial charge in [-0.1, -0.05) is 12.1 Å². The van der Waals surface area contributed by atoms with Crippen molar-refractivity contribution in [3.63, 3.8) is 0 Å². The molecule has 2 aromatic carbocycles. The Hall–Kier alpha value is -3.56. The highest BCUT2D eigenvalue weighted by Crippen LogP contribution is 2.36. The van der Waals surface area contributed by atoms with Crippen LogP contribution in [0, 0.1) is 13.8 Å². The Morgan fingerprint density at radius 1 is 1.02 bits per heavy atom. The van der Waals surface area contributed by atoms with E-state index in [1.807, 2.05) is 44.2 Å². The van der Waals surface area contributed by atoms with Crippen molar-refractivity contribution in [2.24, 2.45) is 7.05 Å². The quantitative estimate of drug-likeness (QED) is 0.305. The van der Waals surface area contributed by atoms with Gasteiger partial charge in [0.2, 0.25) is 0 Å². The highest BCUT2D eigenvalue weighted by molar-refractivity contribution is 5.99. The summed E-state index contributed by atoms with van der Waals surface area (Å²) in [4.78, 5) is 31.1. The second-order valence-electron chi connectivity index (χ2n) is 11.5. The SMILES string of the molecule is CCN(c1cc(-c2ccc(OCCOC)cc2)cc(C(=O)NCc2c(C)[nH]n(C)c2=O)c1C)[C@H]1CC[C@H](N(C)C)CC1. The maximum Gasteiger partial charge on any atom is 0.271 e. The molecule has 228 valence electrons. The lowest BCUT2D eigenvalue weighted by molar-refractivity contribution is 0.0950. The fourth-order valence-electron chi connectivity index (χ4n) is 6.10. The van der Waals surface area contributed by atoms with Crippen LogP contribution in [0.15, 0.2) is 41.2 Å². The van der Waals surface area contributed by atoms with Crippen molar-refractivity contribution in [3.05, 3.63) is 69.1 Å². The Balaban J connectivity index is 1.68. The molecule has 0 bridgehead atoms. The van der Waals surface area contributed by atoms with Crippen molar-refractivity contribution < 1.29 is 14.3 Å². The number of methoxy groups -OCH3 is 1. The molecule has 0 aliphatic heterocycles. The van der Waals surface area contributed by atoms with Crippen molar-refractivity contribution in [3.8, 4) is 16.9 Å². The van der Waals surface area contributed by atoms with Gasteiger partial charge in [-0.3, -0.25) is 19.4 Å². The van der Waals surface area contributed by atoms with E-state index in [9.17, 15) is 9.59 Å². The summed E-state index contributed by atoms with van der Waals surface area (Å²) in [6, 6.07) is 13.2. The molecule has 0 saturated heterocycles. The van der Waals surface area contributed by atoms with E-state index in [0.29, 0.717) is 36.4 Å². The lowest BCUT2D eigenvalue weighted by Gasteiger charge is -2.40. The smallest absolute Gasteiger partial charge is 0.271 e. The average molecular weight is 578 g/mol. The first-order valence-electron chi connectivity index (χ1n) is 15.0. The zero-order chi connectivity index (χ0) is 30.4. The van der Waals surface area contributed by atoms with Gasteiger partial charge in [0.05, 0.1) is 18.7 Å². The predicted molar refractivity (Wildman–Crippen MR) is 169 cm³/mol. The van der Waals surface area contributed by atoms with Gasteiger partial charge in [0.15, 0.2) is 0 Å². The van der Waals surface area contributed by atoms with Crippen LogP contribution in [0.4, 0.5) is 5.69 Å². The first kappa shape index (κ1) is 31.4. The first-order chi connectivity index (χ1) is 20.1. The van der Waals surface area contributed by atoms with Gasteiger partial charge in [-0.2, -0.15) is 0 Å². The first-order valence-corrected chi connectivity index (χ1v) is 15.0. The number of hydrogen-bond acceptors (Lipinski definition) is 6. The number of H-pyrrole nitrogens is 1. The lowest BCUT2D eigenvalue weighted by atomic mass is 9.88. The Morgan fingerprint density at radius 3 is 2.26 bits per heavy atom. The molecule has 1 fully saturated rings. The Labute approximate surface area is 249 Å². The molecule has 1 heterocycles. The zero-order valence-corrected chi connectivity index (χ0v) is 26.3. The van der Waals surface area contributed by atoms with Gasteiger partial charge in [0.1, 0.15) is 12.4 Å². The third-order valence-corrected chi connectivity index (χ3v) is 8.63. The molecule has 0 unspecified atom stereocenters. The van der Waals surface area contributed by atoms with Crippen LogP contribution in [-0.4, -0.2) is 73.6 Å². The molecule has 42 heavy (non-hydrogen) atoms. The molecule has 1 aliphatic rings. The van der Waals surface area contributed by atoms with Crippen LogP contribution in [-0.2, 0) is 18.3 Å². The van der Waals surface area contributed by atoms with Gasteiger partial charge < -0.3 is 24.6 Å². The summed E-state index contributed by atoms with van der Waals surface area (Å²) in [7, 11) is 7.67. The summed E-state index contributed by atoms with van der Waals surface area (Å²) in [6.45, 7) is 8.11. The molecule has 1 saturated carbocycles. The summed E-state index contributed by atoms with van der Waals surface area (Å²) < 4.78 is 12.3. The summed E-state index contributed by atoms with van der Waals surface area (Å²) in [5.41, 5.74) is 5.83. The van der Waals surface area contributed by atoms with Crippen molar-refractivity contribution in [1.82, 2.24) is 20.0 Å². The molecule has 3 aromatic rings. The van der Waals surface area contributed by atoms with Gasteiger partial charge >= 0.3 is 0 Å². The number of aromatic amines is 1. The standard InChI is InChI=1S/C33H47N5O4/c1-8-38(27-13-11-26(12-14-27)36(4)5)31-20-25(24-9-15-28(16-10-24)42-18-17-41-7)19-29(22(31)2)32(39)34-21-30-23(3)35-37(6)33(30)40/h9-10,15-16,19-20,26-27,35H,8,11-14,17-18,21H2,1-7H3,(H,34,39)/t26-,27-. The van der Waals surface area contributed by atoms with E-state index in [2.05, 4.69) is 47.3 Å². The number of amides is 1. The molecule has 0 radical (unpaired) electrons. The summed E-state index contributed by atoms with van der Waals surface area (Å²) in [6.07, 6.45) is 4.56. The minimum absolute atomic E-state index is 0.128. The third kappa shape index (κ3) is 7.07. The van der Waals surface area contributed by atoms with Gasteiger partial charge in [0.25, 0.3) is 11.5 Å². The number of ether oxygens (including phenoxy) is 2. The lowest BCUT2D eigenvalue weighted by Crippen LogP contribution is -2.42. The second-order valence-corrected chi connectivity index (χ2v) is 11.5. The summed E-state index contributed by atoms with van der Waals surface area (Å²) in [5, 5.41) is 6.03. The van der Waals surface area contributed by atoms with Crippen LogP contribution in [0.5, 0.6) is 5.75 Å². The average Bonchev–Trinajstić information content (AvgIpc) is 3.23. The topological polar surface area (TPSA) is 91.8 Å². The van der Waals surface area contributed by atoms with Crippen molar-refractivity contribution in [2.75, 3.05) is 45.9 Å². The van der Waals surface area contributed by atoms with E-state index in [0.717, 1.165) is 66.0 Å². The monoisotopic (exact) mass is 577 g/mol. The Morgan fingerprint density at radius 2 is 1.69 bits per heavy atom. The maximum atomic E-state index is 13.7. The van der Waals surface area contributed by atoms with Crippen LogP contribution in [0.1, 0.15) is 59.8 Å². The van der Waals surface area contributed by atoms with E-state index in [-0.39, 0.29) is 18.0 Å². The largest absolute Gasteiger partial charge is 0.491 e. The van der Waals surface area contributed by atoms with Crippen LogP contribution >= 0.6 is 0 Å². The van der Waals surface area contributed by atoms with Crippen LogP contribution in [0.2, 0.25) is 0 Å². The summed E-state index contributed by atoms with van der Waals surface area (Å²) >= 11 is 0. The van der Waals surface area contributed by atoms with Gasteiger partial charge in [-0.05, 0) is 102 Å². The maximum absolute atomic E-state index is 13.7. The fourth-order valence-corrected chi connectivity index (χ4v) is 6.10. The number of carbonyl (C=O) groups is 1. The zero-order valence-electron chi connectivity index (χ0n) is 26.3. The minimum atomic E-state index is -0.190. The third-order valence-electron chi connectivity index (χ3n) is 8.63. The van der Waals surface area contributed by atoms with Gasteiger partial charge in [0, 0.05) is 49.7 Å². The number of carbonyl (C=O) groups excluding carboxylic acids is 1. The number of aryl methyl sites for hydroxylation is 2. The van der Waals surface area contributed by atoms with Crippen molar-refractivity contribution in [1.29, 1.82) is 0 Å². The number of rotatable bonds is 12. The number of nitrogens with one attached hydrogen (secondary N) is 2. The summed E-state index contributed by atoms with van der Waals surface area (Å²) in [5.74, 6) is 0.586. The van der Waals surface area contributed by atoms with E-state index in [1.54, 1.807) is 14.2 Å². The minimum Gasteiger partial charge on any atom is -0.491 e. The van der Waals surface area contributed by atoms with Crippen molar-refractivity contribution in [2.45, 2.75) is 65.1 Å². The van der Waals surface area contributed by atoms with E-state index >= 15 is 0 Å². The Kier molecular flexibility index (Phi) is 10.5. The molecule has 1 aliphatic carbocycles. The Bertz CT molecular complexity index is 1400. The predicted octanol–water partition coefficient (Wildman–Crippen LogP) is 4.65. The van der Waals surface area contributed by atoms with Gasteiger partial charge in [-0.25, -0.2) is 0 Å². The molecule has 9 nitrogen and oxygen atoms in total. The van der Waals surface area contributed by atoms with E-state index in [1.165, 1.54) is 4.68 Å². The van der Waals surface area contributed by atoms with Crippen molar-refractivity contribution >= 4 is 11.6 Å². The van der Waals surface area contributed by atoms with Crippen LogP contribution in [0.25, 0.3) is 11.1 Å². The highest BCUT2D eigenvalue weighted by atomic mass is 16.5. The highest BCUT2D eigenvalue weighted by Gasteiger charge is 2.28. The number of nitrogens with zero attached hydrogens (tertiary/aromatic N) is 3. The molecule has 4 rings (SSSR count). The fraction of sp³-hybridized carbons (Fsp3) is 0.515. The normalized spacial score (nSPS) is 17.0. The number of anilines is 1. The van der Waals surface area contributed by atoms with Crippen LogP contribution < -0.4 is 20.5 Å². The molecule has 1 amide bonds. The molecule has 0 atom stereocenters. The molecular weight excluding hydrogens is 530 g/mol. The molecular formula is C33H47N5O4. The number of hydrogen-bond donors (Lipinski definition) is 2. The van der Waals surface area contributed by atoms with E-state index < -0.39 is 0 Å². The molecule has 9 heteroatoms. The molecule has 0 spiro atoms.